The first-order valence-corrected chi connectivity index (χ1v) is 6.85. The number of carbonyl (C=O) groups excluding carboxylic acids is 1. The minimum absolute atomic E-state index is 0.160. The number of rotatable bonds is 6. The fourth-order valence-corrected chi connectivity index (χ4v) is 2.06. The molecule has 1 amide bonds. The van der Waals surface area contributed by atoms with Crippen LogP contribution < -0.4 is 0 Å². The molecule has 2 rings (SSSR count). The second kappa shape index (κ2) is 7.38. The van der Waals surface area contributed by atoms with Crippen LogP contribution in [0.4, 0.5) is 0 Å². The van der Waals surface area contributed by atoms with Gasteiger partial charge in [-0.25, -0.2) is 0 Å². The van der Waals surface area contributed by atoms with Crippen molar-refractivity contribution < 1.29 is 4.79 Å². The summed E-state index contributed by atoms with van der Waals surface area (Å²) in [6, 6.07) is 7.74. The van der Waals surface area contributed by atoms with Crippen LogP contribution in [0.2, 0.25) is 0 Å². The monoisotopic (exact) mass is 269 g/mol. The molecule has 4 nitrogen and oxygen atoms in total. The van der Waals surface area contributed by atoms with Crippen LogP contribution in [-0.2, 0) is 17.6 Å². The van der Waals surface area contributed by atoms with Crippen LogP contribution in [0.15, 0.2) is 49.1 Å². The summed E-state index contributed by atoms with van der Waals surface area (Å²) in [6.07, 6.45) is 8.30. The number of amides is 1. The Balaban J connectivity index is 1.89. The summed E-state index contributed by atoms with van der Waals surface area (Å²) < 4.78 is 0. The Morgan fingerprint density at radius 3 is 2.10 bits per heavy atom. The minimum atomic E-state index is 0.160. The number of carbonyl (C=O) groups is 1. The molecule has 0 unspecified atom stereocenters. The second-order valence-corrected chi connectivity index (χ2v) is 4.61. The molecule has 0 fully saturated rings. The van der Waals surface area contributed by atoms with Gasteiger partial charge in [0, 0.05) is 37.9 Å². The molecule has 0 aliphatic carbocycles. The molecule has 2 aromatic heterocycles. The number of pyridine rings is 2. The predicted molar refractivity (Wildman–Crippen MR) is 78.1 cm³/mol. The first-order valence-electron chi connectivity index (χ1n) is 6.85. The molecule has 0 saturated carbocycles. The largest absolute Gasteiger partial charge is 0.342 e. The van der Waals surface area contributed by atoms with Gasteiger partial charge in [-0.15, -0.1) is 0 Å². The zero-order chi connectivity index (χ0) is 14.2. The molecule has 2 heterocycles. The van der Waals surface area contributed by atoms with Crippen LogP contribution >= 0.6 is 0 Å². The Hall–Kier alpha value is -2.23. The van der Waals surface area contributed by atoms with Crippen molar-refractivity contribution in [3.8, 4) is 0 Å². The van der Waals surface area contributed by atoms with Crippen LogP contribution in [-0.4, -0.2) is 33.9 Å². The third kappa shape index (κ3) is 4.16. The third-order valence-corrected chi connectivity index (χ3v) is 3.26. The van der Waals surface area contributed by atoms with E-state index in [1.165, 1.54) is 5.56 Å². The zero-order valence-electron chi connectivity index (χ0n) is 11.7. The topological polar surface area (TPSA) is 46.1 Å². The van der Waals surface area contributed by atoms with E-state index < -0.39 is 0 Å². The number of likely N-dealkylation sites (N-methyl/N-ethyl adjacent to an activating group) is 1. The van der Waals surface area contributed by atoms with Crippen LogP contribution in [0, 0.1) is 0 Å². The van der Waals surface area contributed by atoms with E-state index in [9.17, 15) is 4.79 Å². The summed E-state index contributed by atoms with van der Waals surface area (Å²) >= 11 is 0. The van der Waals surface area contributed by atoms with E-state index in [1.54, 1.807) is 24.8 Å². The Bertz CT molecular complexity index is 528. The zero-order valence-corrected chi connectivity index (χ0v) is 11.7. The molecule has 0 aromatic carbocycles. The quantitative estimate of drug-likeness (QED) is 0.807. The maximum Gasteiger partial charge on any atom is 0.226 e. The van der Waals surface area contributed by atoms with Gasteiger partial charge in [-0.3, -0.25) is 14.8 Å². The summed E-state index contributed by atoms with van der Waals surface area (Å²) in [6.45, 7) is 3.48. The molecule has 104 valence electrons. The summed E-state index contributed by atoms with van der Waals surface area (Å²) in [5.74, 6) is 0.160. The molecule has 0 radical (unpaired) electrons. The normalized spacial score (nSPS) is 10.2. The van der Waals surface area contributed by atoms with Crippen LogP contribution in [0.3, 0.4) is 0 Å². The molecule has 0 saturated heterocycles. The first-order chi connectivity index (χ1) is 9.79. The van der Waals surface area contributed by atoms with Crippen molar-refractivity contribution in [2.45, 2.75) is 19.8 Å². The van der Waals surface area contributed by atoms with Crippen molar-refractivity contribution in [1.29, 1.82) is 0 Å². The van der Waals surface area contributed by atoms with Crippen molar-refractivity contribution in [2.24, 2.45) is 0 Å². The average Bonchev–Trinajstić information content (AvgIpc) is 2.50. The van der Waals surface area contributed by atoms with Crippen molar-refractivity contribution in [2.75, 3.05) is 13.1 Å². The molecule has 0 aliphatic heterocycles. The molecule has 2 aromatic rings. The van der Waals surface area contributed by atoms with Gasteiger partial charge in [0.25, 0.3) is 0 Å². The number of aromatic nitrogens is 2. The van der Waals surface area contributed by atoms with Gasteiger partial charge >= 0.3 is 0 Å². The van der Waals surface area contributed by atoms with Crippen molar-refractivity contribution in [3.05, 3.63) is 60.2 Å². The minimum Gasteiger partial charge on any atom is -0.342 e. The van der Waals surface area contributed by atoms with E-state index in [0.29, 0.717) is 6.42 Å². The highest BCUT2D eigenvalue weighted by Gasteiger charge is 2.12. The summed E-state index contributed by atoms with van der Waals surface area (Å²) in [5.41, 5.74) is 2.21. The van der Waals surface area contributed by atoms with Gasteiger partial charge < -0.3 is 4.90 Å². The van der Waals surface area contributed by atoms with E-state index in [1.807, 2.05) is 36.1 Å². The van der Waals surface area contributed by atoms with Crippen molar-refractivity contribution >= 4 is 5.91 Å². The first kappa shape index (κ1) is 14.2. The smallest absolute Gasteiger partial charge is 0.226 e. The molecule has 4 heteroatoms. The van der Waals surface area contributed by atoms with Gasteiger partial charge in [0.2, 0.25) is 5.91 Å². The lowest BCUT2D eigenvalue weighted by molar-refractivity contribution is -0.130. The van der Waals surface area contributed by atoms with E-state index in [4.69, 9.17) is 0 Å². The van der Waals surface area contributed by atoms with Crippen molar-refractivity contribution in [3.63, 3.8) is 0 Å². The average molecular weight is 269 g/mol. The SMILES string of the molecule is CCN(CCc1ccncc1)C(=O)Cc1ccncc1. The summed E-state index contributed by atoms with van der Waals surface area (Å²) in [5, 5.41) is 0. The van der Waals surface area contributed by atoms with Gasteiger partial charge in [-0.2, -0.15) is 0 Å². The number of hydrogen-bond donors (Lipinski definition) is 0. The van der Waals surface area contributed by atoms with Gasteiger partial charge in [0.05, 0.1) is 6.42 Å². The van der Waals surface area contributed by atoms with E-state index >= 15 is 0 Å². The Labute approximate surface area is 119 Å². The van der Waals surface area contributed by atoms with E-state index in [2.05, 4.69) is 9.97 Å². The standard InChI is InChI=1S/C16H19N3O/c1-2-19(12-7-14-3-8-17-9-4-14)16(20)13-15-5-10-18-11-6-15/h3-6,8-11H,2,7,12-13H2,1H3. The molecule has 20 heavy (non-hydrogen) atoms. The lowest BCUT2D eigenvalue weighted by Crippen LogP contribution is -2.33. The molecule has 0 bridgehead atoms. The van der Waals surface area contributed by atoms with Gasteiger partial charge in [0.1, 0.15) is 0 Å². The highest BCUT2D eigenvalue weighted by atomic mass is 16.2. The Morgan fingerprint density at radius 1 is 1.00 bits per heavy atom. The van der Waals surface area contributed by atoms with Gasteiger partial charge in [-0.05, 0) is 48.7 Å². The Kier molecular flexibility index (Phi) is 5.24. The van der Waals surface area contributed by atoms with E-state index in [-0.39, 0.29) is 5.91 Å². The molecule has 0 atom stereocenters. The second-order valence-electron chi connectivity index (χ2n) is 4.61. The number of hydrogen-bond acceptors (Lipinski definition) is 3. The lowest BCUT2D eigenvalue weighted by atomic mass is 10.1. The maximum atomic E-state index is 12.3. The lowest BCUT2D eigenvalue weighted by Gasteiger charge is -2.21. The maximum absolute atomic E-state index is 12.3. The molecule has 0 aliphatic rings. The summed E-state index contributed by atoms with van der Waals surface area (Å²) in [7, 11) is 0. The highest BCUT2D eigenvalue weighted by molar-refractivity contribution is 5.78. The molecule has 0 N–H and O–H groups in total. The fraction of sp³-hybridized carbons (Fsp3) is 0.312. The molecular formula is C16H19N3O. The van der Waals surface area contributed by atoms with Gasteiger partial charge in [-0.1, -0.05) is 0 Å². The third-order valence-electron chi connectivity index (χ3n) is 3.26. The fourth-order valence-electron chi connectivity index (χ4n) is 2.06. The van der Waals surface area contributed by atoms with Gasteiger partial charge in [0.15, 0.2) is 0 Å². The van der Waals surface area contributed by atoms with Crippen LogP contribution in [0.5, 0.6) is 0 Å². The van der Waals surface area contributed by atoms with E-state index in [0.717, 1.165) is 25.1 Å². The van der Waals surface area contributed by atoms with Crippen molar-refractivity contribution in [1.82, 2.24) is 14.9 Å². The summed E-state index contributed by atoms with van der Waals surface area (Å²) in [4.78, 5) is 22.1. The predicted octanol–water partition coefficient (Wildman–Crippen LogP) is 2.11. The van der Waals surface area contributed by atoms with Crippen LogP contribution in [0.1, 0.15) is 18.1 Å². The Morgan fingerprint density at radius 2 is 1.55 bits per heavy atom. The molecule has 0 spiro atoms. The number of nitrogens with zero attached hydrogens (tertiary/aromatic N) is 3. The van der Waals surface area contributed by atoms with Crippen LogP contribution in [0.25, 0.3) is 0 Å². The highest BCUT2D eigenvalue weighted by Crippen LogP contribution is 2.04. The molecular weight excluding hydrogens is 250 g/mol.